The summed E-state index contributed by atoms with van der Waals surface area (Å²) in [4.78, 5) is 40.4. The molecular formula is C21H23N3O3. The second kappa shape index (κ2) is 8.03. The van der Waals surface area contributed by atoms with Gasteiger partial charge in [-0.15, -0.1) is 0 Å². The SMILES string of the molecule is C[C@H]1[C@@H](c2ccccc2)N(C(=O)CCNC(=O)c2ccccc2)C(=O)N1C. The maximum absolute atomic E-state index is 12.8. The topological polar surface area (TPSA) is 69.7 Å². The molecule has 1 fully saturated rings. The summed E-state index contributed by atoms with van der Waals surface area (Å²) < 4.78 is 0. The van der Waals surface area contributed by atoms with Crippen molar-refractivity contribution in [2.75, 3.05) is 13.6 Å². The summed E-state index contributed by atoms with van der Waals surface area (Å²) in [6.07, 6.45) is 0.0637. The second-order valence-corrected chi connectivity index (χ2v) is 6.63. The lowest BCUT2D eigenvalue weighted by Gasteiger charge is -2.24. The first-order chi connectivity index (χ1) is 13.0. The monoisotopic (exact) mass is 365 g/mol. The van der Waals surface area contributed by atoms with Gasteiger partial charge in [0.15, 0.2) is 0 Å². The van der Waals surface area contributed by atoms with Crippen molar-refractivity contribution in [1.29, 1.82) is 0 Å². The number of nitrogens with one attached hydrogen (secondary N) is 1. The van der Waals surface area contributed by atoms with Crippen LogP contribution in [0.2, 0.25) is 0 Å². The number of benzene rings is 2. The smallest absolute Gasteiger partial charge is 0.327 e. The van der Waals surface area contributed by atoms with E-state index in [0.29, 0.717) is 5.56 Å². The minimum Gasteiger partial charge on any atom is -0.352 e. The highest BCUT2D eigenvalue weighted by molar-refractivity contribution is 5.97. The molecule has 1 aliphatic heterocycles. The Bertz CT molecular complexity index is 823. The number of imide groups is 1. The molecule has 0 aromatic heterocycles. The number of urea groups is 1. The van der Waals surface area contributed by atoms with Crippen molar-refractivity contribution in [3.8, 4) is 0 Å². The van der Waals surface area contributed by atoms with Crippen LogP contribution in [0.5, 0.6) is 0 Å². The first-order valence-corrected chi connectivity index (χ1v) is 8.97. The van der Waals surface area contributed by atoms with Crippen LogP contribution in [0.25, 0.3) is 0 Å². The number of rotatable bonds is 5. The van der Waals surface area contributed by atoms with Crippen LogP contribution >= 0.6 is 0 Å². The molecule has 2 aromatic rings. The highest BCUT2D eigenvalue weighted by Gasteiger charge is 2.45. The summed E-state index contributed by atoms with van der Waals surface area (Å²) in [5.74, 6) is -0.528. The average Bonchev–Trinajstić information content (AvgIpc) is 2.93. The molecule has 0 bridgehead atoms. The zero-order valence-electron chi connectivity index (χ0n) is 15.5. The number of carbonyl (C=O) groups excluding carboxylic acids is 3. The van der Waals surface area contributed by atoms with E-state index in [4.69, 9.17) is 0 Å². The molecule has 0 saturated carbocycles. The van der Waals surface area contributed by atoms with Crippen molar-refractivity contribution in [3.63, 3.8) is 0 Å². The zero-order valence-corrected chi connectivity index (χ0v) is 15.5. The number of likely N-dealkylation sites (N-methyl/N-ethyl adjacent to an activating group) is 1. The summed E-state index contributed by atoms with van der Waals surface area (Å²) >= 11 is 0. The minimum atomic E-state index is -0.332. The van der Waals surface area contributed by atoms with Gasteiger partial charge in [0.05, 0.1) is 12.1 Å². The van der Waals surface area contributed by atoms with E-state index < -0.39 is 0 Å². The summed E-state index contributed by atoms with van der Waals surface area (Å²) in [6, 6.07) is 17.6. The molecule has 1 saturated heterocycles. The highest BCUT2D eigenvalue weighted by atomic mass is 16.2. The van der Waals surface area contributed by atoms with Gasteiger partial charge in [0, 0.05) is 25.6 Å². The van der Waals surface area contributed by atoms with Crippen LogP contribution in [0.4, 0.5) is 4.79 Å². The number of hydrogen-bond acceptors (Lipinski definition) is 3. The molecule has 1 aliphatic rings. The zero-order chi connectivity index (χ0) is 19.4. The molecule has 1 heterocycles. The largest absolute Gasteiger partial charge is 0.352 e. The van der Waals surface area contributed by atoms with E-state index in [9.17, 15) is 14.4 Å². The molecule has 0 spiro atoms. The van der Waals surface area contributed by atoms with Gasteiger partial charge in [-0.05, 0) is 24.6 Å². The molecule has 0 unspecified atom stereocenters. The van der Waals surface area contributed by atoms with Crippen molar-refractivity contribution in [2.24, 2.45) is 0 Å². The Morgan fingerprint density at radius 1 is 1.00 bits per heavy atom. The molecule has 6 heteroatoms. The van der Waals surface area contributed by atoms with Crippen LogP contribution in [0.3, 0.4) is 0 Å². The number of carbonyl (C=O) groups is 3. The molecule has 2 aromatic carbocycles. The Hall–Kier alpha value is -3.15. The van der Waals surface area contributed by atoms with E-state index >= 15 is 0 Å². The predicted octanol–water partition coefficient (Wildman–Crippen LogP) is 2.83. The van der Waals surface area contributed by atoms with Crippen molar-refractivity contribution in [3.05, 3.63) is 71.8 Å². The van der Waals surface area contributed by atoms with E-state index in [1.54, 1.807) is 36.2 Å². The van der Waals surface area contributed by atoms with Gasteiger partial charge in [0.1, 0.15) is 0 Å². The lowest BCUT2D eigenvalue weighted by Crippen LogP contribution is -2.38. The number of nitrogens with zero attached hydrogens (tertiary/aromatic N) is 2. The summed E-state index contributed by atoms with van der Waals surface area (Å²) in [7, 11) is 1.70. The van der Waals surface area contributed by atoms with E-state index in [2.05, 4.69) is 5.32 Å². The molecule has 6 nitrogen and oxygen atoms in total. The van der Waals surface area contributed by atoms with E-state index in [1.165, 1.54) is 4.90 Å². The molecule has 0 aliphatic carbocycles. The van der Waals surface area contributed by atoms with Gasteiger partial charge < -0.3 is 10.2 Å². The third-order valence-corrected chi connectivity index (χ3v) is 4.92. The van der Waals surface area contributed by atoms with Gasteiger partial charge in [0.25, 0.3) is 5.91 Å². The fraction of sp³-hybridized carbons (Fsp3) is 0.286. The highest BCUT2D eigenvalue weighted by Crippen LogP contribution is 2.34. The van der Waals surface area contributed by atoms with Gasteiger partial charge in [-0.25, -0.2) is 4.79 Å². The minimum absolute atomic E-state index is 0.0637. The lowest BCUT2D eigenvalue weighted by molar-refractivity contribution is -0.129. The Balaban J connectivity index is 1.67. The maximum atomic E-state index is 12.8. The Kier molecular flexibility index (Phi) is 5.54. The van der Waals surface area contributed by atoms with E-state index in [-0.39, 0.29) is 42.9 Å². The fourth-order valence-corrected chi connectivity index (χ4v) is 3.33. The Morgan fingerprint density at radius 2 is 1.59 bits per heavy atom. The average molecular weight is 365 g/mol. The van der Waals surface area contributed by atoms with Crippen molar-refractivity contribution >= 4 is 17.8 Å². The standard InChI is InChI=1S/C21H23N3O3/c1-15-19(16-9-5-3-6-10-16)24(21(27)23(15)2)18(25)13-14-22-20(26)17-11-7-4-8-12-17/h3-12,15,19H,13-14H2,1-2H3,(H,22,26)/t15-,19-/m0/s1. The van der Waals surface area contributed by atoms with Crippen LogP contribution in [0.15, 0.2) is 60.7 Å². The Morgan fingerprint density at radius 3 is 2.22 bits per heavy atom. The summed E-state index contributed by atoms with van der Waals surface area (Å²) in [5.41, 5.74) is 1.46. The van der Waals surface area contributed by atoms with Gasteiger partial charge in [0.2, 0.25) is 5.91 Å². The van der Waals surface area contributed by atoms with Crippen molar-refractivity contribution in [1.82, 2.24) is 15.1 Å². The van der Waals surface area contributed by atoms with Crippen LogP contribution in [0, 0.1) is 0 Å². The van der Waals surface area contributed by atoms with Gasteiger partial charge in [-0.3, -0.25) is 14.5 Å². The second-order valence-electron chi connectivity index (χ2n) is 6.63. The van der Waals surface area contributed by atoms with Crippen LogP contribution in [-0.2, 0) is 4.79 Å². The first-order valence-electron chi connectivity index (χ1n) is 8.97. The lowest BCUT2D eigenvalue weighted by atomic mass is 10.00. The van der Waals surface area contributed by atoms with Crippen LogP contribution in [-0.4, -0.2) is 47.3 Å². The predicted molar refractivity (Wildman–Crippen MR) is 102 cm³/mol. The summed E-state index contributed by atoms with van der Waals surface area (Å²) in [5, 5.41) is 2.73. The van der Waals surface area contributed by atoms with Gasteiger partial charge >= 0.3 is 6.03 Å². The molecule has 140 valence electrons. The van der Waals surface area contributed by atoms with E-state index in [1.807, 2.05) is 43.3 Å². The van der Waals surface area contributed by atoms with Crippen LogP contribution in [0.1, 0.15) is 35.3 Å². The van der Waals surface area contributed by atoms with Gasteiger partial charge in [-0.2, -0.15) is 0 Å². The summed E-state index contributed by atoms with van der Waals surface area (Å²) in [6.45, 7) is 2.11. The molecule has 3 rings (SSSR count). The molecule has 2 atom stereocenters. The molecule has 4 amide bonds. The van der Waals surface area contributed by atoms with Crippen molar-refractivity contribution < 1.29 is 14.4 Å². The number of hydrogen-bond donors (Lipinski definition) is 1. The van der Waals surface area contributed by atoms with E-state index in [0.717, 1.165) is 5.56 Å². The quantitative estimate of drug-likeness (QED) is 0.886. The van der Waals surface area contributed by atoms with Crippen LogP contribution < -0.4 is 5.32 Å². The third kappa shape index (κ3) is 3.84. The number of amides is 4. The fourth-order valence-electron chi connectivity index (χ4n) is 3.33. The Labute approximate surface area is 158 Å². The molecule has 27 heavy (non-hydrogen) atoms. The molecule has 1 N–H and O–H groups in total. The third-order valence-electron chi connectivity index (χ3n) is 4.92. The van der Waals surface area contributed by atoms with Gasteiger partial charge in [-0.1, -0.05) is 48.5 Å². The maximum Gasteiger partial charge on any atom is 0.327 e. The molecular weight excluding hydrogens is 342 g/mol. The van der Waals surface area contributed by atoms with Crippen molar-refractivity contribution in [2.45, 2.75) is 25.4 Å². The molecule has 0 radical (unpaired) electrons. The normalized spacial score (nSPS) is 19.3. The first kappa shape index (κ1) is 18.6.